The van der Waals surface area contributed by atoms with Crippen molar-refractivity contribution >= 4 is 11.6 Å². The summed E-state index contributed by atoms with van der Waals surface area (Å²) in [6.45, 7) is 9.97. The monoisotopic (exact) mass is 267 g/mol. The van der Waals surface area contributed by atoms with E-state index >= 15 is 0 Å². The molecule has 0 aliphatic heterocycles. The molecule has 0 saturated heterocycles. The van der Waals surface area contributed by atoms with Crippen molar-refractivity contribution in [3.05, 3.63) is 11.4 Å². The highest BCUT2D eigenvalue weighted by molar-refractivity contribution is 5.57. The molecule has 5 N–H and O–H groups in total. The van der Waals surface area contributed by atoms with E-state index in [9.17, 15) is 5.11 Å². The van der Waals surface area contributed by atoms with Crippen molar-refractivity contribution in [2.45, 2.75) is 52.5 Å². The maximum absolute atomic E-state index is 9.50. The second-order valence-electron chi connectivity index (χ2n) is 5.40. The van der Waals surface area contributed by atoms with Gasteiger partial charge in [-0.1, -0.05) is 20.8 Å². The molecule has 6 nitrogen and oxygen atoms in total. The Hall–Kier alpha value is -1.40. The van der Waals surface area contributed by atoms with E-state index in [0.29, 0.717) is 11.6 Å². The van der Waals surface area contributed by atoms with Crippen LogP contribution in [0.4, 0.5) is 11.6 Å². The van der Waals surface area contributed by atoms with Crippen LogP contribution in [0.5, 0.6) is 0 Å². The number of hydrazine groups is 1. The molecule has 1 atom stereocenters. The quantitative estimate of drug-likeness (QED) is 0.463. The zero-order valence-electron chi connectivity index (χ0n) is 12.4. The normalized spacial score (nSPS) is 14.3. The molecule has 6 heteroatoms. The van der Waals surface area contributed by atoms with E-state index in [0.717, 1.165) is 17.8 Å². The van der Waals surface area contributed by atoms with Gasteiger partial charge < -0.3 is 15.8 Å². The summed E-state index contributed by atoms with van der Waals surface area (Å²) in [6, 6.07) is 0. The summed E-state index contributed by atoms with van der Waals surface area (Å²) < 4.78 is 0. The standard InChI is InChI=1S/C13H25N5O/c1-6-13(5,7-19)17-11-9(4)12(18-14)16-10(15-11)8(2)3/h8,19H,6-7,14H2,1-5H3,(H2,15,16,17,18). The number of aliphatic hydroxyl groups is 1. The van der Waals surface area contributed by atoms with Crippen LogP contribution in [-0.4, -0.2) is 27.2 Å². The van der Waals surface area contributed by atoms with E-state index in [1.54, 1.807) is 0 Å². The van der Waals surface area contributed by atoms with Gasteiger partial charge in [0.2, 0.25) is 0 Å². The van der Waals surface area contributed by atoms with Crippen LogP contribution in [0.3, 0.4) is 0 Å². The SMILES string of the molecule is CCC(C)(CO)Nc1nc(C(C)C)nc(NN)c1C. The zero-order chi connectivity index (χ0) is 14.6. The van der Waals surface area contributed by atoms with Gasteiger partial charge in [0, 0.05) is 11.5 Å². The minimum absolute atomic E-state index is 0.0370. The van der Waals surface area contributed by atoms with Gasteiger partial charge in [0.25, 0.3) is 0 Å². The molecule has 0 radical (unpaired) electrons. The van der Waals surface area contributed by atoms with Crippen molar-refractivity contribution in [3.8, 4) is 0 Å². The Bertz CT molecular complexity index is 429. The zero-order valence-corrected chi connectivity index (χ0v) is 12.4. The Balaban J connectivity index is 3.22. The number of anilines is 2. The lowest BCUT2D eigenvalue weighted by atomic mass is 10.00. The largest absolute Gasteiger partial charge is 0.394 e. The fourth-order valence-electron chi connectivity index (χ4n) is 1.58. The number of nitrogens with zero attached hydrogens (tertiary/aromatic N) is 2. The van der Waals surface area contributed by atoms with Crippen LogP contribution in [0.1, 0.15) is 51.4 Å². The third kappa shape index (κ3) is 3.54. The van der Waals surface area contributed by atoms with Crippen LogP contribution >= 0.6 is 0 Å². The summed E-state index contributed by atoms with van der Waals surface area (Å²) in [5.41, 5.74) is 3.04. The summed E-state index contributed by atoms with van der Waals surface area (Å²) in [6.07, 6.45) is 0.787. The van der Waals surface area contributed by atoms with Crippen molar-refractivity contribution in [3.63, 3.8) is 0 Å². The van der Waals surface area contributed by atoms with Gasteiger partial charge in [0.1, 0.15) is 17.5 Å². The van der Waals surface area contributed by atoms with Gasteiger partial charge in [-0.05, 0) is 20.3 Å². The molecule has 1 heterocycles. The lowest BCUT2D eigenvalue weighted by Crippen LogP contribution is -2.38. The summed E-state index contributed by atoms with van der Waals surface area (Å²) in [5.74, 6) is 7.75. The third-order valence-corrected chi connectivity index (χ3v) is 3.37. The predicted octanol–water partition coefficient (Wildman–Crippen LogP) is 1.77. The van der Waals surface area contributed by atoms with Crippen molar-refractivity contribution in [2.24, 2.45) is 5.84 Å². The van der Waals surface area contributed by atoms with Crippen molar-refractivity contribution in [1.82, 2.24) is 9.97 Å². The average Bonchev–Trinajstić information content (AvgIpc) is 2.40. The van der Waals surface area contributed by atoms with Crippen molar-refractivity contribution < 1.29 is 5.11 Å². The minimum Gasteiger partial charge on any atom is -0.394 e. The lowest BCUT2D eigenvalue weighted by molar-refractivity contribution is 0.218. The van der Waals surface area contributed by atoms with E-state index in [1.807, 2.05) is 34.6 Å². The molecular formula is C13H25N5O. The Morgan fingerprint density at radius 1 is 1.32 bits per heavy atom. The molecule has 0 spiro atoms. The molecule has 0 aromatic carbocycles. The van der Waals surface area contributed by atoms with Gasteiger partial charge in [0.15, 0.2) is 0 Å². The topological polar surface area (TPSA) is 96.1 Å². The van der Waals surface area contributed by atoms with Gasteiger partial charge in [-0.3, -0.25) is 0 Å². The molecular weight excluding hydrogens is 242 g/mol. The molecule has 0 fully saturated rings. The molecule has 19 heavy (non-hydrogen) atoms. The average molecular weight is 267 g/mol. The van der Waals surface area contributed by atoms with Gasteiger partial charge in [-0.25, -0.2) is 15.8 Å². The van der Waals surface area contributed by atoms with Gasteiger partial charge in [0.05, 0.1) is 12.1 Å². The van der Waals surface area contributed by atoms with Gasteiger partial charge in [-0.2, -0.15) is 0 Å². The molecule has 0 bridgehead atoms. The fraction of sp³-hybridized carbons (Fsp3) is 0.692. The Labute approximate surface area is 114 Å². The third-order valence-electron chi connectivity index (χ3n) is 3.37. The van der Waals surface area contributed by atoms with E-state index in [4.69, 9.17) is 5.84 Å². The summed E-state index contributed by atoms with van der Waals surface area (Å²) in [5, 5.41) is 12.8. The molecule has 0 amide bonds. The molecule has 1 unspecified atom stereocenters. The summed E-state index contributed by atoms with van der Waals surface area (Å²) in [7, 11) is 0. The fourth-order valence-corrected chi connectivity index (χ4v) is 1.58. The van der Waals surface area contributed by atoms with Crippen LogP contribution < -0.4 is 16.6 Å². The second-order valence-corrected chi connectivity index (χ2v) is 5.40. The van der Waals surface area contributed by atoms with Crippen LogP contribution in [0.2, 0.25) is 0 Å². The molecule has 0 saturated carbocycles. The highest BCUT2D eigenvalue weighted by Crippen LogP contribution is 2.25. The second kappa shape index (κ2) is 6.16. The Morgan fingerprint density at radius 2 is 1.89 bits per heavy atom. The minimum atomic E-state index is -0.404. The van der Waals surface area contributed by atoms with Crippen LogP contribution in [0.25, 0.3) is 0 Å². The number of nitrogens with two attached hydrogens (primary N) is 1. The van der Waals surface area contributed by atoms with Crippen LogP contribution in [0.15, 0.2) is 0 Å². The van der Waals surface area contributed by atoms with E-state index in [2.05, 4.69) is 20.7 Å². The number of hydrogen-bond donors (Lipinski definition) is 4. The first-order valence-electron chi connectivity index (χ1n) is 6.61. The Morgan fingerprint density at radius 3 is 2.32 bits per heavy atom. The van der Waals surface area contributed by atoms with E-state index < -0.39 is 5.54 Å². The van der Waals surface area contributed by atoms with Crippen molar-refractivity contribution in [2.75, 3.05) is 17.3 Å². The van der Waals surface area contributed by atoms with Gasteiger partial charge in [-0.15, -0.1) is 0 Å². The highest BCUT2D eigenvalue weighted by atomic mass is 16.3. The first kappa shape index (κ1) is 15.7. The molecule has 108 valence electrons. The summed E-state index contributed by atoms with van der Waals surface area (Å²) in [4.78, 5) is 8.92. The molecule has 0 aliphatic carbocycles. The smallest absolute Gasteiger partial charge is 0.148 e. The number of hydrogen-bond acceptors (Lipinski definition) is 6. The van der Waals surface area contributed by atoms with E-state index in [-0.39, 0.29) is 12.5 Å². The molecule has 1 aromatic heterocycles. The number of aromatic nitrogens is 2. The van der Waals surface area contributed by atoms with Gasteiger partial charge >= 0.3 is 0 Å². The molecule has 1 aromatic rings. The first-order valence-corrected chi connectivity index (χ1v) is 6.61. The summed E-state index contributed by atoms with van der Waals surface area (Å²) >= 11 is 0. The number of nitrogens with one attached hydrogen (secondary N) is 2. The molecule has 1 rings (SSSR count). The van der Waals surface area contributed by atoms with E-state index in [1.165, 1.54) is 0 Å². The maximum Gasteiger partial charge on any atom is 0.148 e. The molecule has 0 aliphatic rings. The maximum atomic E-state index is 9.50. The predicted molar refractivity (Wildman–Crippen MR) is 78.1 cm³/mol. The number of aliphatic hydroxyl groups excluding tert-OH is 1. The first-order chi connectivity index (χ1) is 8.86. The van der Waals surface area contributed by atoms with Crippen molar-refractivity contribution in [1.29, 1.82) is 0 Å². The number of nitrogen functional groups attached to an aromatic ring is 1. The van der Waals surface area contributed by atoms with Crippen LogP contribution in [-0.2, 0) is 0 Å². The Kier molecular flexibility index (Phi) is 5.08. The lowest BCUT2D eigenvalue weighted by Gasteiger charge is -2.29. The highest BCUT2D eigenvalue weighted by Gasteiger charge is 2.23. The number of rotatable bonds is 6. The van der Waals surface area contributed by atoms with Crippen LogP contribution in [0, 0.1) is 6.92 Å².